The van der Waals surface area contributed by atoms with E-state index in [9.17, 15) is 33.9 Å². The molecule has 1 aliphatic heterocycles. The smallest absolute Gasteiger partial charge is 0.338 e. The van der Waals surface area contributed by atoms with Gasteiger partial charge in [0.05, 0.1) is 35.9 Å². The number of allylic oxidation sites excluding steroid dienone is 1. The molecule has 1 heterocycles. The Labute approximate surface area is 313 Å². The van der Waals surface area contributed by atoms with Crippen LogP contribution in [-0.4, -0.2) is 88.8 Å². The zero-order valence-electron chi connectivity index (χ0n) is 31.1. The number of benzene rings is 3. The third-order valence-corrected chi connectivity index (χ3v) is 8.54. The van der Waals surface area contributed by atoms with Gasteiger partial charge in [0.1, 0.15) is 31.7 Å². The molecule has 282 valence electrons. The fraction of sp³-hybridized carbons (Fsp3) is 0.293. The Balaban J connectivity index is 1.38. The zero-order chi connectivity index (χ0) is 39.4. The summed E-state index contributed by atoms with van der Waals surface area (Å²) in [7, 11) is 7.75. The molecule has 2 aliphatic rings. The standard InChI is InChI=1S/C41H44N4O9/c1-6-53-41(52)26(19-21-46)11-15-30(47)25-43-37(48)10-8-7-9-20-42-39(49)31-16-12-27(22-34(31)40(50)51)38-32-17-13-28(44(2)3)23-35(32)54-36-24-29(45(4)5)14-18-33(36)38/h11-19,21-24H,6-10,20,25H2,1-5H3,(H2-,42,43,48,49,50,51)/p+1/b15-11+,26-19+. The number of ether oxygens (including phenoxy) is 1. The number of hydrogen-bond acceptors (Lipinski definition) is 9. The van der Waals surface area contributed by atoms with E-state index in [1.54, 1.807) is 13.0 Å². The monoisotopic (exact) mass is 737 g/mol. The van der Waals surface area contributed by atoms with Gasteiger partial charge in [-0.3, -0.25) is 19.2 Å². The summed E-state index contributed by atoms with van der Waals surface area (Å²) in [5, 5.41) is 17.2. The summed E-state index contributed by atoms with van der Waals surface area (Å²) in [6, 6.07) is 16.5. The Kier molecular flexibility index (Phi) is 14.2. The van der Waals surface area contributed by atoms with Crippen molar-refractivity contribution >= 4 is 52.5 Å². The number of fused-ring (bicyclic) bond motifs is 2. The predicted octanol–water partition coefficient (Wildman–Crippen LogP) is 4.22. The number of carboxylic acid groups (broad SMARTS) is 1. The zero-order valence-corrected chi connectivity index (χ0v) is 31.1. The van der Waals surface area contributed by atoms with E-state index < -0.39 is 23.6 Å². The maximum atomic E-state index is 13.2. The van der Waals surface area contributed by atoms with Crippen LogP contribution >= 0.6 is 0 Å². The topological polar surface area (TPSA) is 175 Å². The van der Waals surface area contributed by atoms with E-state index in [0.29, 0.717) is 42.5 Å². The normalized spacial score (nSPS) is 11.4. The molecule has 2 amide bonds. The molecule has 13 nitrogen and oxygen atoms in total. The minimum Gasteiger partial charge on any atom is -0.478 e. The van der Waals surface area contributed by atoms with Crippen molar-refractivity contribution in [1.29, 1.82) is 0 Å². The lowest BCUT2D eigenvalue weighted by atomic mass is 9.91. The van der Waals surface area contributed by atoms with Crippen molar-refractivity contribution in [2.24, 2.45) is 0 Å². The maximum Gasteiger partial charge on any atom is 0.338 e. The number of carbonyl (C=O) groups is 6. The summed E-state index contributed by atoms with van der Waals surface area (Å²) in [5.74, 6) is -2.69. The van der Waals surface area contributed by atoms with Crippen molar-refractivity contribution in [1.82, 2.24) is 15.2 Å². The van der Waals surface area contributed by atoms with E-state index in [4.69, 9.17) is 9.15 Å². The van der Waals surface area contributed by atoms with Gasteiger partial charge in [0.15, 0.2) is 5.78 Å². The number of rotatable bonds is 17. The largest absolute Gasteiger partial charge is 0.478 e. The molecule has 3 N–H and O–H groups in total. The quantitative estimate of drug-likeness (QED) is 0.0271. The number of carbonyl (C=O) groups excluding carboxylic acids is 5. The van der Waals surface area contributed by atoms with Gasteiger partial charge in [-0.2, -0.15) is 0 Å². The molecule has 1 aliphatic carbocycles. The Hall–Kier alpha value is -6.37. The molecule has 0 saturated carbocycles. The molecule has 0 atom stereocenters. The van der Waals surface area contributed by atoms with Gasteiger partial charge in [0.25, 0.3) is 5.91 Å². The van der Waals surface area contributed by atoms with E-state index >= 15 is 0 Å². The molecular weight excluding hydrogens is 692 g/mol. The lowest BCUT2D eigenvalue weighted by molar-refractivity contribution is -0.138. The highest BCUT2D eigenvalue weighted by molar-refractivity contribution is 6.08. The van der Waals surface area contributed by atoms with E-state index in [1.165, 1.54) is 12.1 Å². The van der Waals surface area contributed by atoms with E-state index in [1.807, 2.05) is 74.1 Å². The molecule has 0 spiro atoms. The minimum atomic E-state index is -1.24. The van der Waals surface area contributed by atoms with E-state index in [-0.39, 0.29) is 48.7 Å². The van der Waals surface area contributed by atoms with Crippen LogP contribution < -0.4 is 25.5 Å². The molecule has 0 bridgehead atoms. The lowest BCUT2D eigenvalue weighted by Gasteiger charge is -2.18. The average Bonchev–Trinajstić information content (AvgIpc) is 3.15. The van der Waals surface area contributed by atoms with Gasteiger partial charge in [0.2, 0.25) is 11.3 Å². The summed E-state index contributed by atoms with van der Waals surface area (Å²) in [4.78, 5) is 74.5. The van der Waals surface area contributed by atoms with Crippen LogP contribution in [0.2, 0.25) is 0 Å². The van der Waals surface area contributed by atoms with Gasteiger partial charge >= 0.3 is 11.9 Å². The highest BCUT2D eigenvalue weighted by atomic mass is 16.5. The second-order valence-electron chi connectivity index (χ2n) is 12.8. The Morgan fingerprint density at radius 1 is 0.907 bits per heavy atom. The number of nitrogens with zero attached hydrogens (tertiary/aromatic N) is 2. The lowest BCUT2D eigenvalue weighted by Crippen LogP contribution is -2.28. The number of anilines is 1. The number of unbranched alkanes of at least 4 members (excludes halogenated alkanes) is 2. The van der Waals surface area contributed by atoms with Crippen LogP contribution in [0.4, 0.5) is 5.69 Å². The first-order valence-electron chi connectivity index (χ1n) is 17.5. The summed E-state index contributed by atoms with van der Waals surface area (Å²) in [6.07, 6.45) is 5.41. The van der Waals surface area contributed by atoms with Gasteiger partial charge < -0.3 is 29.8 Å². The number of aldehydes is 1. The molecule has 4 rings (SSSR count). The van der Waals surface area contributed by atoms with Gasteiger partial charge in [-0.1, -0.05) is 12.5 Å². The third kappa shape index (κ3) is 10.4. The first-order chi connectivity index (χ1) is 25.8. The summed E-state index contributed by atoms with van der Waals surface area (Å²) < 4.78 is 13.2. The van der Waals surface area contributed by atoms with Crippen LogP contribution in [0.5, 0.6) is 0 Å². The number of ketones is 1. The summed E-state index contributed by atoms with van der Waals surface area (Å²) >= 11 is 0. The second-order valence-corrected chi connectivity index (χ2v) is 12.8. The van der Waals surface area contributed by atoms with Gasteiger partial charge in [-0.05, 0) is 73.9 Å². The molecule has 54 heavy (non-hydrogen) atoms. The number of nitrogens with one attached hydrogen (secondary N) is 2. The molecule has 0 unspecified atom stereocenters. The van der Waals surface area contributed by atoms with Gasteiger partial charge in [0, 0.05) is 61.4 Å². The van der Waals surface area contributed by atoms with Crippen LogP contribution in [0.3, 0.4) is 0 Å². The summed E-state index contributed by atoms with van der Waals surface area (Å²) in [6.45, 7) is 1.70. The number of aromatic carboxylic acids is 1. The minimum absolute atomic E-state index is 0.0272. The van der Waals surface area contributed by atoms with E-state index in [2.05, 4.69) is 10.6 Å². The van der Waals surface area contributed by atoms with Crippen LogP contribution in [0, 0.1) is 0 Å². The fourth-order valence-corrected chi connectivity index (χ4v) is 5.69. The number of esters is 1. The predicted molar refractivity (Wildman–Crippen MR) is 205 cm³/mol. The maximum absolute atomic E-state index is 13.2. The Morgan fingerprint density at radius 2 is 1.69 bits per heavy atom. The van der Waals surface area contributed by atoms with E-state index in [0.717, 1.165) is 45.8 Å². The van der Waals surface area contributed by atoms with Crippen molar-refractivity contribution < 1.29 is 43.0 Å². The second kappa shape index (κ2) is 18.9. The Bertz CT molecular complexity index is 2170. The Morgan fingerprint density at radius 3 is 2.37 bits per heavy atom. The van der Waals surface area contributed by atoms with Crippen molar-refractivity contribution in [3.8, 4) is 22.5 Å². The van der Waals surface area contributed by atoms with Crippen molar-refractivity contribution in [2.45, 2.75) is 32.6 Å². The SMILES string of the molecule is CCOC(=O)C(/C=C/C(=O)CNC(=O)CCCCCNC(=O)c1ccc(-c2c3ccc(=[N+](C)C)cc-3oc3cc(N(C)C)ccc23)cc1C(=O)O)=C/C=O. The molecule has 2 aromatic rings. The highest BCUT2D eigenvalue weighted by Crippen LogP contribution is 2.41. The van der Waals surface area contributed by atoms with Gasteiger partial charge in [-0.25, -0.2) is 14.2 Å². The first kappa shape index (κ1) is 40.4. The molecule has 0 fully saturated rings. The van der Waals surface area contributed by atoms with Crippen molar-refractivity contribution in [2.75, 3.05) is 52.8 Å². The average molecular weight is 738 g/mol. The van der Waals surface area contributed by atoms with Crippen LogP contribution in [0.25, 0.3) is 33.4 Å². The summed E-state index contributed by atoms with van der Waals surface area (Å²) in [5.41, 5.74) is 3.58. The van der Waals surface area contributed by atoms with Crippen LogP contribution in [0.1, 0.15) is 53.3 Å². The van der Waals surface area contributed by atoms with Gasteiger partial charge in [-0.15, -0.1) is 0 Å². The molecule has 0 saturated heterocycles. The fourth-order valence-electron chi connectivity index (χ4n) is 5.69. The molecule has 0 aromatic heterocycles. The van der Waals surface area contributed by atoms with Crippen molar-refractivity contribution in [3.05, 3.63) is 94.9 Å². The van der Waals surface area contributed by atoms with Crippen LogP contribution in [-0.2, 0) is 23.9 Å². The molecule has 2 aromatic carbocycles. The molecule has 13 heteroatoms. The molecular formula is C41H45N4O9+. The van der Waals surface area contributed by atoms with Crippen LogP contribution in [0.15, 0.2) is 82.8 Å². The first-order valence-corrected chi connectivity index (χ1v) is 17.5. The number of carboxylic acids is 1. The van der Waals surface area contributed by atoms with Crippen molar-refractivity contribution in [3.63, 3.8) is 0 Å². The highest BCUT2D eigenvalue weighted by Gasteiger charge is 2.22. The third-order valence-electron chi connectivity index (χ3n) is 8.54. The number of hydrogen-bond donors (Lipinski definition) is 3. The number of amides is 2. The molecule has 0 radical (unpaired) electrons.